The first-order chi connectivity index (χ1) is 11.0. The molecule has 3 N–H and O–H groups in total. The van der Waals surface area contributed by atoms with Gasteiger partial charge >= 0.3 is 29.6 Å². The van der Waals surface area contributed by atoms with Gasteiger partial charge < -0.3 is 34.7 Å². The van der Waals surface area contributed by atoms with Crippen LogP contribution in [0, 0.1) is 0 Å². The number of carboxylic acid groups (broad SMARTS) is 1. The Bertz CT molecular complexity index is 342. The Morgan fingerprint density at radius 3 is 2.04 bits per heavy atom. The third-order valence-electron chi connectivity index (χ3n) is 4.08. The number of aliphatic hydroxyl groups is 3. The van der Waals surface area contributed by atoms with Crippen molar-refractivity contribution in [2.24, 2.45) is 0 Å². The molecule has 0 aromatic rings. The minimum absolute atomic E-state index is 0. The first kappa shape index (κ1) is 24.3. The van der Waals surface area contributed by atoms with Crippen LogP contribution in [0.15, 0.2) is 0 Å². The van der Waals surface area contributed by atoms with Crippen LogP contribution in [0.2, 0.25) is 0 Å². The molecule has 0 saturated carbocycles. The number of unbranched alkanes of at least 4 members (excludes halogenated alkanes) is 7. The zero-order valence-electron chi connectivity index (χ0n) is 14.7. The maximum absolute atomic E-state index is 10.8. The molecule has 1 aliphatic rings. The van der Waals surface area contributed by atoms with Gasteiger partial charge in [-0.3, -0.25) is 0 Å². The Hall–Kier alpha value is 0.270. The van der Waals surface area contributed by atoms with Crippen LogP contribution in [-0.4, -0.2) is 58.6 Å². The molecule has 136 valence electrons. The molecule has 1 heterocycles. The van der Waals surface area contributed by atoms with Gasteiger partial charge in [0.05, 0.1) is 5.97 Å². The summed E-state index contributed by atoms with van der Waals surface area (Å²) in [5.41, 5.74) is 0. The van der Waals surface area contributed by atoms with Crippen LogP contribution in [0.25, 0.3) is 0 Å². The molecule has 0 unspecified atom stereocenters. The molecule has 7 nitrogen and oxygen atoms in total. The van der Waals surface area contributed by atoms with E-state index in [0.717, 1.165) is 19.3 Å². The Balaban J connectivity index is 0.00000529. The molecule has 0 radical (unpaired) electrons. The molecule has 0 aromatic heterocycles. The van der Waals surface area contributed by atoms with E-state index in [9.17, 15) is 25.2 Å². The van der Waals surface area contributed by atoms with Crippen molar-refractivity contribution in [2.75, 3.05) is 6.61 Å². The van der Waals surface area contributed by atoms with Crippen molar-refractivity contribution in [3.8, 4) is 0 Å². The number of carbonyl (C=O) groups excluding carboxylic acids is 1. The van der Waals surface area contributed by atoms with E-state index in [-0.39, 0.29) is 29.6 Å². The SMILES string of the molecule is CCCCCCCCCCO[C@H]1O[C@H](C(=O)[O-])[C@@H](O)[C@H](O)[C@@H]1O.[Na+]. The average Bonchev–Trinajstić information content (AvgIpc) is 2.52. The second-order valence-electron chi connectivity index (χ2n) is 6.06. The number of carboxylic acids is 1. The van der Waals surface area contributed by atoms with Gasteiger partial charge in [0.15, 0.2) is 6.29 Å². The average molecular weight is 356 g/mol. The van der Waals surface area contributed by atoms with E-state index >= 15 is 0 Å². The van der Waals surface area contributed by atoms with Crippen molar-refractivity contribution in [3.05, 3.63) is 0 Å². The Labute approximate surface area is 165 Å². The summed E-state index contributed by atoms with van der Waals surface area (Å²) in [6, 6.07) is 0. The molecule has 0 spiro atoms. The number of aliphatic hydroxyl groups excluding tert-OH is 3. The quantitative estimate of drug-likeness (QED) is 0.262. The predicted octanol–water partition coefficient (Wildman–Crippen LogP) is -3.29. The molecular weight excluding hydrogens is 327 g/mol. The number of ether oxygens (including phenoxy) is 2. The maximum Gasteiger partial charge on any atom is 1.00 e. The number of hydrogen-bond donors (Lipinski definition) is 3. The summed E-state index contributed by atoms with van der Waals surface area (Å²) >= 11 is 0. The molecule has 0 amide bonds. The van der Waals surface area contributed by atoms with Gasteiger partial charge in [-0.25, -0.2) is 0 Å². The van der Waals surface area contributed by atoms with Crippen molar-refractivity contribution < 1.29 is 64.3 Å². The van der Waals surface area contributed by atoms with E-state index in [1.807, 2.05) is 0 Å². The van der Waals surface area contributed by atoms with Crippen molar-refractivity contribution in [1.82, 2.24) is 0 Å². The van der Waals surface area contributed by atoms with Crippen molar-refractivity contribution >= 4 is 5.97 Å². The van der Waals surface area contributed by atoms with Gasteiger partial charge in [0.25, 0.3) is 0 Å². The summed E-state index contributed by atoms with van der Waals surface area (Å²) in [6.45, 7) is 2.47. The van der Waals surface area contributed by atoms with E-state index in [1.54, 1.807) is 0 Å². The van der Waals surface area contributed by atoms with Gasteiger partial charge in [-0.1, -0.05) is 51.9 Å². The number of aliphatic carboxylic acids is 1. The van der Waals surface area contributed by atoms with Gasteiger partial charge in [0.1, 0.15) is 24.4 Å². The molecule has 1 fully saturated rings. The fourth-order valence-corrected chi connectivity index (χ4v) is 2.62. The smallest absolute Gasteiger partial charge is 0.547 e. The summed E-state index contributed by atoms with van der Waals surface area (Å²) in [7, 11) is 0. The predicted molar refractivity (Wildman–Crippen MR) is 80.3 cm³/mol. The Morgan fingerprint density at radius 1 is 0.958 bits per heavy atom. The van der Waals surface area contributed by atoms with Crippen molar-refractivity contribution in [2.45, 2.75) is 89.0 Å². The van der Waals surface area contributed by atoms with Gasteiger partial charge in [0, 0.05) is 6.61 Å². The second-order valence-corrected chi connectivity index (χ2v) is 6.06. The molecule has 0 bridgehead atoms. The van der Waals surface area contributed by atoms with Crippen LogP contribution >= 0.6 is 0 Å². The minimum atomic E-state index is -1.74. The molecule has 1 aliphatic heterocycles. The summed E-state index contributed by atoms with van der Waals surface area (Å²) < 4.78 is 10.3. The van der Waals surface area contributed by atoms with E-state index < -0.39 is 36.7 Å². The number of hydrogen-bond acceptors (Lipinski definition) is 7. The minimum Gasteiger partial charge on any atom is -0.547 e. The van der Waals surface area contributed by atoms with Crippen LogP contribution in [0.5, 0.6) is 0 Å². The standard InChI is InChI=1S/C16H30O7.Na/c1-2-3-4-5-6-7-8-9-10-22-16-13(19)11(17)12(18)14(23-16)15(20)21;/h11-14,16-19H,2-10H2,1H3,(H,20,21);/q;+1/p-1/t11-,12-,13-,14-,16-;/m0./s1. The fraction of sp³-hybridized carbons (Fsp3) is 0.938. The molecule has 1 saturated heterocycles. The maximum atomic E-state index is 10.8. The topological polar surface area (TPSA) is 119 Å². The first-order valence-electron chi connectivity index (χ1n) is 8.51. The summed E-state index contributed by atoms with van der Waals surface area (Å²) in [5, 5.41) is 39.7. The molecule has 24 heavy (non-hydrogen) atoms. The number of carbonyl (C=O) groups is 1. The molecule has 0 aliphatic carbocycles. The first-order valence-corrected chi connectivity index (χ1v) is 8.51. The van der Waals surface area contributed by atoms with Gasteiger partial charge in [-0.15, -0.1) is 0 Å². The monoisotopic (exact) mass is 356 g/mol. The third kappa shape index (κ3) is 8.10. The molecule has 0 aromatic carbocycles. The summed E-state index contributed by atoms with van der Waals surface area (Å²) in [6.07, 6.45) is 1.15. The Kier molecular flexibility index (Phi) is 13.6. The summed E-state index contributed by atoms with van der Waals surface area (Å²) in [4.78, 5) is 10.8. The van der Waals surface area contributed by atoms with Crippen LogP contribution < -0.4 is 34.7 Å². The van der Waals surface area contributed by atoms with E-state index in [1.165, 1.54) is 32.1 Å². The van der Waals surface area contributed by atoms with Gasteiger partial charge in [-0.05, 0) is 6.42 Å². The third-order valence-corrected chi connectivity index (χ3v) is 4.08. The van der Waals surface area contributed by atoms with Crippen LogP contribution in [0.3, 0.4) is 0 Å². The van der Waals surface area contributed by atoms with Gasteiger partial charge in [-0.2, -0.15) is 0 Å². The molecule has 5 atom stereocenters. The van der Waals surface area contributed by atoms with E-state index in [0.29, 0.717) is 6.61 Å². The van der Waals surface area contributed by atoms with Crippen LogP contribution in [0.4, 0.5) is 0 Å². The van der Waals surface area contributed by atoms with Crippen LogP contribution in [-0.2, 0) is 14.3 Å². The zero-order chi connectivity index (χ0) is 17.2. The van der Waals surface area contributed by atoms with E-state index in [4.69, 9.17) is 9.47 Å². The molecule has 8 heteroatoms. The second kappa shape index (κ2) is 13.5. The molecular formula is C16H29NaO7. The van der Waals surface area contributed by atoms with Gasteiger partial charge in [0.2, 0.25) is 0 Å². The van der Waals surface area contributed by atoms with Crippen LogP contribution in [0.1, 0.15) is 58.3 Å². The number of rotatable bonds is 11. The van der Waals surface area contributed by atoms with Crippen molar-refractivity contribution in [1.29, 1.82) is 0 Å². The summed E-state index contributed by atoms with van der Waals surface area (Å²) in [5.74, 6) is -1.65. The van der Waals surface area contributed by atoms with E-state index in [2.05, 4.69) is 6.92 Å². The zero-order valence-corrected chi connectivity index (χ0v) is 16.7. The Morgan fingerprint density at radius 2 is 1.50 bits per heavy atom. The normalized spacial score (nSPS) is 29.9. The largest absolute Gasteiger partial charge is 1.00 e. The fourth-order valence-electron chi connectivity index (χ4n) is 2.62. The van der Waals surface area contributed by atoms with Crippen molar-refractivity contribution in [3.63, 3.8) is 0 Å². The molecule has 1 rings (SSSR count).